The lowest BCUT2D eigenvalue weighted by Crippen LogP contribution is -2.25. The maximum absolute atomic E-state index is 11.0. The summed E-state index contributed by atoms with van der Waals surface area (Å²) in [5.74, 6) is 1.55. The zero-order chi connectivity index (χ0) is 14.8. The fourth-order valence-corrected chi connectivity index (χ4v) is 1.42. The first-order valence-corrected chi connectivity index (χ1v) is 6.95. The molecule has 0 unspecified atom stereocenters. The predicted octanol–water partition coefficient (Wildman–Crippen LogP) is 2.99. The van der Waals surface area contributed by atoms with E-state index in [2.05, 4.69) is 12.2 Å². The topological polar surface area (TPSA) is 56.8 Å². The lowest BCUT2D eigenvalue weighted by atomic mass is 10.3. The van der Waals surface area contributed by atoms with Crippen molar-refractivity contribution in [1.82, 2.24) is 5.32 Å². The number of carbonyl (C=O) groups excluding carboxylic acids is 1. The summed E-state index contributed by atoms with van der Waals surface area (Å²) >= 11 is 0. The molecule has 1 aromatic carbocycles. The van der Waals surface area contributed by atoms with E-state index in [1.165, 1.54) is 0 Å². The quantitative estimate of drug-likeness (QED) is 0.744. The first-order valence-electron chi connectivity index (χ1n) is 6.95. The number of hydrogen-bond donors (Lipinski definition) is 1. The van der Waals surface area contributed by atoms with E-state index in [9.17, 15) is 4.79 Å². The molecular weight excluding hydrogens is 258 g/mol. The average Bonchev–Trinajstić information content (AvgIpc) is 2.45. The Labute approximate surface area is 120 Å². The van der Waals surface area contributed by atoms with Gasteiger partial charge in [0.1, 0.15) is 24.7 Å². The van der Waals surface area contributed by atoms with Gasteiger partial charge in [0.2, 0.25) is 0 Å². The Bertz CT molecular complexity index is 391. The predicted molar refractivity (Wildman–Crippen MR) is 77.3 cm³/mol. The summed E-state index contributed by atoms with van der Waals surface area (Å²) in [5.41, 5.74) is 0. The van der Waals surface area contributed by atoms with Gasteiger partial charge in [-0.05, 0) is 44.5 Å². The normalized spacial score (nSPS) is 11.6. The lowest BCUT2D eigenvalue weighted by molar-refractivity contribution is 0.125. The van der Waals surface area contributed by atoms with E-state index < -0.39 is 6.09 Å². The summed E-state index contributed by atoms with van der Waals surface area (Å²) in [6, 6.07) is 7.41. The van der Waals surface area contributed by atoms with E-state index in [1.807, 2.05) is 38.1 Å². The van der Waals surface area contributed by atoms with Crippen molar-refractivity contribution in [2.45, 2.75) is 33.3 Å². The molecule has 1 amide bonds. The van der Waals surface area contributed by atoms with Crippen molar-refractivity contribution in [1.29, 1.82) is 0 Å². The Hall–Kier alpha value is -1.91. The van der Waals surface area contributed by atoms with Crippen molar-refractivity contribution >= 4 is 6.09 Å². The van der Waals surface area contributed by atoms with Gasteiger partial charge in [-0.3, -0.25) is 0 Å². The van der Waals surface area contributed by atoms with Crippen molar-refractivity contribution < 1.29 is 19.0 Å². The highest BCUT2D eigenvalue weighted by atomic mass is 16.6. The number of rotatable bonds is 8. The molecule has 112 valence electrons. The van der Waals surface area contributed by atoms with Crippen LogP contribution in [0.15, 0.2) is 24.3 Å². The summed E-state index contributed by atoms with van der Waals surface area (Å²) in [4.78, 5) is 11.0. The molecule has 0 aliphatic heterocycles. The second-order valence-corrected chi connectivity index (χ2v) is 4.32. The summed E-state index contributed by atoms with van der Waals surface area (Å²) < 4.78 is 16.0. The van der Waals surface area contributed by atoms with Crippen LogP contribution in [0, 0.1) is 0 Å². The Balaban J connectivity index is 2.26. The van der Waals surface area contributed by atoms with Crippen molar-refractivity contribution in [2.24, 2.45) is 0 Å². The summed E-state index contributed by atoms with van der Waals surface area (Å²) in [6.07, 6.45) is 0.746. The third-order valence-electron chi connectivity index (χ3n) is 2.64. The van der Waals surface area contributed by atoms with E-state index in [-0.39, 0.29) is 12.7 Å². The van der Waals surface area contributed by atoms with Gasteiger partial charge in [0.05, 0.1) is 6.10 Å². The van der Waals surface area contributed by atoms with Crippen LogP contribution >= 0.6 is 0 Å². The van der Waals surface area contributed by atoms with Crippen LogP contribution in [0.4, 0.5) is 4.79 Å². The molecule has 1 atom stereocenters. The Morgan fingerprint density at radius 2 is 1.80 bits per heavy atom. The summed E-state index contributed by atoms with van der Waals surface area (Å²) in [6.45, 7) is 7.04. The van der Waals surface area contributed by atoms with Crippen LogP contribution in [0.2, 0.25) is 0 Å². The first kappa shape index (κ1) is 16.1. The second-order valence-electron chi connectivity index (χ2n) is 4.32. The van der Waals surface area contributed by atoms with Crippen LogP contribution in [-0.2, 0) is 4.74 Å². The van der Waals surface area contributed by atoms with Crippen LogP contribution in [0.25, 0.3) is 0 Å². The zero-order valence-electron chi connectivity index (χ0n) is 12.3. The maximum atomic E-state index is 11.0. The molecule has 0 saturated carbocycles. The van der Waals surface area contributed by atoms with Crippen molar-refractivity contribution in [3.05, 3.63) is 24.3 Å². The van der Waals surface area contributed by atoms with Gasteiger partial charge in [-0.1, -0.05) is 6.92 Å². The van der Waals surface area contributed by atoms with Crippen LogP contribution in [-0.4, -0.2) is 32.0 Å². The Morgan fingerprint density at radius 3 is 2.40 bits per heavy atom. The van der Waals surface area contributed by atoms with Gasteiger partial charge < -0.3 is 19.5 Å². The van der Waals surface area contributed by atoms with Gasteiger partial charge >= 0.3 is 6.09 Å². The first-order chi connectivity index (χ1) is 9.65. The van der Waals surface area contributed by atoms with Crippen LogP contribution < -0.4 is 14.8 Å². The van der Waals surface area contributed by atoms with Gasteiger partial charge in [0.15, 0.2) is 0 Å². The van der Waals surface area contributed by atoms with E-state index in [0.29, 0.717) is 13.2 Å². The third-order valence-corrected chi connectivity index (χ3v) is 2.64. The van der Waals surface area contributed by atoms with Crippen LogP contribution in [0.1, 0.15) is 27.2 Å². The Morgan fingerprint density at radius 1 is 1.15 bits per heavy atom. The van der Waals surface area contributed by atoms with Gasteiger partial charge in [0.25, 0.3) is 0 Å². The summed E-state index contributed by atoms with van der Waals surface area (Å²) in [7, 11) is 0. The molecule has 0 saturated heterocycles. The van der Waals surface area contributed by atoms with E-state index in [0.717, 1.165) is 17.9 Å². The smallest absolute Gasteiger partial charge is 0.407 e. The SMILES string of the molecule is CCNC(=O)OCCOc1ccc(O[C@H](C)CC)cc1. The van der Waals surface area contributed by atoms with Crippen LogP contribution in [0.5, 0.6) is 11.5 Å². The fraction of sp³-hybridized carbons (Fsp3) is 0.533. The summed E-state index contributed by atoms with van der Waals surface area (Å²) in [5, 5.41) is 2.54. The van der Waals surface area contributed by atoms with Gasteiger partial charge in [-0.15, -0.1) is 0 Å². The molecule has 1 N–H and O–H groups in total. The molecule has 0 aromatic heterocycles. The van der Waals surface area contributed by atoms with Crippen molar-refractivity contribution in [3.63, 3.8) is 0 Å². The molecule has 0 aliphatic carbocycles. The fourth-order valence-electron chi connectivity index (χ4n) is 1.42. The minimum absolute atomic E-state index is 0.201. The van der Waals surface area contributed by atoms with Gasteiger partial charge in [0, 0.05) is 6.54 Å². The standard InChI is InChI=1S/C15H23NO4/c1-4-12(3)20-14-8-6-13(7-9-14)18-10-11-19-15(17)16-5-2/h6-9,12H,4-5,10-11H2,1-3H3,(H,16,17)/t12-/m1/s1. The monoisotopic (exact) mass is 281 g/mol. The zero-order valence-corrected chi connectivity index (χ0v) is 12.3. The molecular formula is C15H23NO4. The second kappa shape index (κ2) is 9.07. The molecule has 1 rings (SSSR count). The number of amides is 1. The minimum atomic E-state index is -0.423. The molecule has 20 heavy (non-hydrogen) atoms. The van der Waals surface area contributed by atoms with Gasteiger partial charge in [-0.25, -0.2) is 4.79 Å². The molecule has 5 heteroatoms. The maximum Gasteiger partial charge on any atom is 0.407 e. The molecule has 0 radical (unpaired) electrons. The van der Waals surface area contributed by atoms with E-state index >= 15 is 0 Å². The Kier molecular flexibility index (Phi) is 7.32. The highest BCUT2D eigenvalue weighted by Gasteiger charge is 2.02. The molecule has 0 heterocycles. The average molecular weight is 281 g/mol. The number of benzene rings is 1. The highest BCUT2D eigenvalue weighted by molar-refractivity contribution is 5.66. The minimum Gasteiger partial charge on any atom is -0.491 e. The number of alkyl carbamates (subject to hydrolysis) is 1. The van der Waals surface area contributed by atoms with E-state index in [4.69, 9.17) is 14.2 Å². The molecule has 0 spiro atoms. The van der Waals surface area contributed by atoms with Gasteiger partial charge in [-0.2, -0.15) is 0 Å². The van der Waals surface area contributed by atoms with Crippen molar-refractivity contribution in [2.75, 3.05) is 19.8 Å². The molecule has 1 aromatic rings. The molecule has 0 fully saturated rings. The molecule has 0 bridgehead atoms. The third kappa shape index (κ3) is 6.31. The highest BCUT2D eigenvalue weighted by Crippen LogP contribution is 2.19. The number of hydrogen-bond acceptors (Lipinski definition) is 4. The largest absolute Gasteiger partial charge is 0.491 e. The molecule has 5 nitrogen and oxygen atoms in total. The van der Waals surface area contributed by atoms with Crippen molar-refractivity contribution in [3.8, 4) is 11.5 Å². The van der Waals surface area contributed by atoms with Crippen LogP contribution in [0.3, 0.4) is 0 Å². The number of ether oxygens (including phenoxy) is 3. The number of nitrogens with one attached hydrogen (secondary N) is 1. The van der Waals surface area contributed by atoms with E-state index in [1.54, 1.807) is 0 Å². The molecule has 0 aliphatic rings. The lowest BCUT2D eigenvalue weighted by Gasteiger charge is -2.13. The number of carbonyl (C=O) groups is 1.